The zero-order valence-corrected chi connectivity index (χ0v) is 24.0. The molecule has 1 aromatic carbocycles. The van der Waals surface area contributed by atoms with Crippen molar-refractivity contribution in [1.82, 2.24) is 4.90 Å². The summed E-state index contributed by atoms with van der Waals surface area (Å²) in [6.45, 7) is 2.05. The number of phenols is 1. The molecule has 0 radical (unpaired) electrons. The maximum absolute atomic E-state index is 14.5. The van der Waals surface area contributed by atoms with E-state index in [-0.39, 0.29) is 17.7 Å². The van der Waals surface area contributed by atoms with Gasteiger partial charge >= 0.3 is 0 Å². The lowest BCUT2D eigenvalue weighted by Crippen LogP contribution is -2.80. The number of carbonyl (C=O) groups excluding carboxylic acids is 3. The third-order valence-electron chi connectivity index (χ3n) is 8.84. The monoisotopic (exact) mass is 566 g/mol. The second-order valence-electron chi connectivity index (χ2n) is 11.9. The van der Waals surface area contributed by atoms with Gasteiger partial charge in [0.05, 0.1) is 34.3 Å². The highest BCUT2D eigenvalue weighted by Gasteiger charge is 2.74. The number of nitriles is 1. The second kappa shape index (κ2) is 9.87. The number of rotatable bonds is 7. The Labute approximate surface area is 238 Å². The molecule has 1 fully saturated rings. The predicted molar refractivity (Wildman–Crippen MR) is 152 cm³/mol. The number of aryl methyl sites for hydroxylation is 1. The van der Waals surface area contributed by atoms with Gasteiger partial charge in [0.15, 0.2) is 17.0 Å². The number of nitrogens with zero attached hydrogens (tertiary/aromatic N) is 3. The molecule has 1 amide bonds. The summed E-state index contributed by atoms with van der Waals surface area (Å²) < 4.78 is 0. The Morgan fingerprint density at radius 3 is 2.29 bits per heavy atom. The van der Waals surface area contributed by atoms with E-state index in [0.29, 0.717) is 23.2 Å². The van der Waals surface area contributed by atoms with E-state index in [4.69, 9.17) is 17.2 Å². The molecule has 0 heterocycles. The number of Topliss-reactive ketones (excluding diaryl/α,β-unsaturated/α-hetero) is 2. The Hall–Kier alpha value is -3.92. The van der Waals surface area contributed by atoms with E-state index < -0.39 is 69.1 Å². The Bertz CT molecular complexity index is 1470. The number of amides is 1. The van der Waals surface area contributed by atoms with Crippen LogP contribution in [-0.4, -0.2) is 83.0 Å². The van der Waals surface area contributed by atoms with Crippen LogP contribution < -0.4 is 22.1 Å². The average Bonchev–Trinajstić information content (AvgIpc) is 2.84. The van der Waals surface area contributed by atoms with Crippen LogP contribution >= 0.6 is 0 Å². The lowest BCUT2D eigenvalue weighted by Gasteiger charge is -2.58. The van der Waals surface area contributed by atoms with E-state index in [1.165, 1.54) is 19.0 Å². The van der Waals surface area contributed by atoms with Crippen molar-refractivity contribution < 1.29 is 29.7 Å². The highest BCUT2D eigenvalue weighted by Crippen LogP contribution is 2.59. The van der Waals surface area contributed by atoms with Gasteiger partial charge < -0.3 is 37.4 Å². The first-order valence-electron chi connectivity index (χ1n) is 13.5. The first kappa shape index (κ1) is 30.0. The number of phenolic OH excluding ortho intramolecular Hbond substituents is 1. The number of hydrogen-bond acceptors (Lipinski definition) is 11. The van der Waals surface area contributed by atoms with Gasteiger partial charge in [0, 0.05) is 19.8 Å². The van der Waals surface area contributed by atoms with Gasteiger partial charge in [0.25, 0.3) is 5.91 Å². The minimum absolute atomic E-state index is 0.0133. The van der Waals surface area contributed by atoms with Gasteiger partial charge in [0.1, 0.15) is 22.8 Å². The third-order valence-corrected chi connectivity index (χ3v) is 8.84. The first-order chi connectivity index (χ1) is 19.1. The average molecular weight is 567 g/mol. The van der Waals surface area contributed by atoms with Crippen molar-refractivity contribution in [2.45, 2.75) is 62.6 Å². The summed E-state index contributed by atoms with van der Waals surface area (Å²) in [6, 6.07) is 2.17. The van der Waals surface area contributed by atoms with E-state index in [0.717, 1.165) is 19.3 Å². The van der Waals surface area contributed by atoms with Crippen molar-refractivity contribution in [2.75, 3.05) is 33.1 Å². The molecule has 0 aromatic heterocycles. The van der Waals surface area contributed by atoms with Crippen LogP contribution in [0.5, 0.6) is 5.75 Å². The maximum atomic E-state index is 14.5. The highest BCUT2D eigenvalue weighted by molar-refractivity contribution is 6.25. The summed E-state index contributed by atoms with van der Waals surface area (Å²) in [7, 11) is 6.56. The Kier molecular flexibility index (Phi) is 7.23. The Morgan fingerprint density at radius 2 is 1.78 bits per heavy atom. The van der Waals surface area contributed by atoms with Gasteiger partial charge in [0.2, 0.25) is 0 Å². The molecule has 3 aliphatic rings. The Balaban J connectivity index is 2.09. The molecule has 220 valence electrons. The molecular weight excluding hydrogens is 528 g/mol. The predicted octanol–water partition coefficient (Wildman–Crippen LogP) is 0.704. The number of nitrogens with two attached hydrogens (primary N) is 3. The number of ketones is 2. The maximum Gasteiger partial charge on any atom is 0.255 e. The van der Waals surface area contributed by atoms with Crippen molar-refractivity contribution in [2.24, 2.45) is 22.6 Å². The quantitative estimate of drug-likeness (QED) is 0.199. The third kappa shape index (κ3) is 3.87. The zero-order chi connectivity index (χ0) is 30.8. The smallest absolute Gasteiger partial charge is 0.255 e. The van der Waals surface area contributed by atoms with Gasteiger partial charge in [-0.3, -0.25) is 19.3 Å². The van der Waals surface area contributed by atoms with Crippen LogP contribution in [0.3, 0.4) is 0 Å². The Morgan fingerprint density at radius 1 is 1.15 bits per heavy atom. The van der Waals surface area contributed by atoms with Crippen LogP contribution in [0.4, 0.5) is 5.69 Å². The number of primary amides is 1. The van der Waals surface area contributed by atoms with Gasteiger partial charge in [-0.15, -0.1) is 0 Å². The van der Waals surface area contributed by atoms with E-state index in [9.17, 15) is 35.0 Å². The number of fused-ring (bicyclic) bond motifs is 3. The van der Waals surface area contributed by atoms with Gasteiger partial charge in [-0.05, 0) is 57.0 Å². The number of carbonyl (C=O) groups is 3. The summed E-state index contributed by atoms with van der Waals surface area (Å²) in [6.07, 6.45) is 2.71. The summed E-state index contributed by atoms with van der Waals surface area (Å²) in [5, 5.41) is 44.9. The number of aromatic hydroxyl groups is 1. The SMILES string of the molecule is CCCCCc1cc(N(C)C)c2c(c1O)C(O)=C1C(=O)[C@]3(C#N)C(O)=C(C(N)=O)C(=O)[C@@H](N(C)C)[C@]3(N)C[C@]1(N)C2. The van der Waals surface area contributed by atoms with Crippen LogP contribution in [0, 0.1) is 16.7 Å². The topological polar surface area (TPSA) is 220 Å². The minimum atomic E-state index is -2.68. The molecule has 4 rings (SSSR count). The molecule has 0 unspecified atom stereocenters. The molecule has 12 nitrogen and oxygen atoms in total. The number of aliphatic hydroxyl groups excluding tert-OH is 2. The molecule has 9 N–H and O–H groups in total. The lowest BCUT2D eigenvalue weighted by molar-refractivity contribution is -0.139. The number of anilines is 1. The summed E-state index contributed by atoms with van der Waals surface area (Å²) in [5.74, 6) is -5.44. The standard InChI is InChI=1S/C29H38N6O6/c1-6-7-8-9-14-10-16(34(2)3)15-11-27(32)12-29(33)23(35(4)5)22(38)18(26(31)41)24(39)28(29,13-30)25(40)19(27)21(37)17(15)20(14)36/h10,23,36-37,39H,6-9,11-12,32-33H2,1-5H3,(H2,31,41)/t23-,27-,28+,29-/m1/s1. The van der Waals surface area contributed by atoms with Crippen LogP contribution in [-0.2, 0) is 27.2 Å². The molecule has 0 saturated heterocycles. The molecule has 1 aromatic rings. The summed E-state index contributed by atoms with van der Waals surface area (Å²) in [4.78, 5) is 43.5. The fourth-order valence-electron chi connectivity index (χ4n) is 7.09. The molecule has 41 heavy (non-hydrogen) atoms. The van der Waals surface area contributed by atoms with E-state index in [1.54, 1.807) is 20.2 Å². The van der Waals surface area contributed by atoms with E-state index in [2.05, 4.69) is 6.92 Å². The number of likely N-dealkylation sites (N-methyl/N-ethyl adjacent to an activating group) is 1. The van der Waals surface area contributed by atoms with Crippen LogP contribution in [0.1, 0.15) is 49.3 Å². The fourth-order valence-corrected chi connectivity index (χ4v) is 7.09. The molecule has 0 spiro atoms. The molecule has 4 atom stereocenters. The lowest BCUT2D eigenvalue weighted by atomic mass is 9.47. The normalized spacial score (nSPS) is 29.2. The van der Waals surface area contributed by atoms with Crippen LogP contribution in [0.15, 0.2) is 23.0 Å². The highest BCUT2D eigenvalue weighted by atomic mass is 16.3. The molecule has 0 bridgehead atoms. The molecule has 0 aliphatic heterocycles. The molecule has 1 saturated carbocycles. The van der Waals surface area contributed by atoms with Crippen molar-refractivity contribution in [3.8, 4) is 11.8 Å². The number of aliphatic hydroxyl groups is 2. The minimum Gasteiger partial charge on any atom is -0.509 e. The van der Waals surface area contributed by atoms with Crippen molar-refractivity contribution in [1.29, 1.82) is 5.26 Å². The first-order valence-corrected chi connectivity index (χ1v) is 13.5. The van der Waals surface area contributed by atoms with Gasteiger partial charge in [-0.2, -0.15) is 5.26 Å². The summed E-state index contributed by atoms with van der Waals surface area (Å²) in [5.41, 5.74) is 13.1. The van der Waals surface area contributed by atoms with Crippen molar-refractivity contribution >= 4 is 28.9 Å². The van der Waals surface area contributed by atoms with Crippen molar-refractivity contribution in [3.05, 3.63) is 39.7 Å². The van der Waals surface area contributed by atoms with Crippen LogP contribution in [0.2, 0.25) is 0 Å². The van der Waals surface area contributed by atoms with Crippen molar-refractivity contribution in [3.63, 3.8) is 0 Å². The zero-order valence-electron chi connectivity index (χ0n) is 24.0. The van der Waals surface area contributed by atoms with E-state index >= 15 is 0 Å². The molecule has 12 heteroatoms. The number of benzene rings is 1. The largest absolute Gasteiger partial charge is 0.509 e. The van der Waals surface area contributed by atoms with Gasteiger partial charge in [-0.1, -0.05) is 19.8 Å². The second-order valence-corrected chi connectivity index (χ2v) is 11.9. The molecular formula is C29H38N6O6. The number of hydrogen-bond donors (Lipinski definition) is 6. The van der Waals surface area contributed by atoms with Crippen LogP contribution in [0.25, 0.3) is 5.76 Å². The fraction of sp³-hybridized carbons (Fsp3) is 0.517. The molecule has 3 aliphatic carbocycles. The number of unbranched alkanes of at least 4 members (excludes halogenated alkanes) is 2. The van der Waals surface area contributed by atoms with Gasteiger partial charge in [-0.25, -0.2) is 0 Å². The van der Waals surface area contributed by atoms with E-state index in [1.807, 2.05) is 11.0 Å². The summed E-state index contributed by atoms with van der Waals surface area (Å²) >= 11 is 0.